The van der Waals surface area contributed by atoms with Crippen LogP contribution in [-0.4, -0.2) is 36.8 Å². The van der Waals surface area contributed by atoms with Crippen LogP contribution in [0.1, 0.15) is 44.6 Å². The summed E-state index contributed by atoms with van der Waals surface area (Å²) in [6, 6.07) is 7.42. The summed E-state index contributed by atoms with van der Waals surface area (Å²) in [5.41, 5.74) is 4.27. The predicted octanol–water partition coefficient (Wildman–Crippen LogP) is 2.59. The quantitative estimate of drug-likeness (QED) is 0.658. The lowest BCUT2D eigenvalue weighted by Crippen LogP contribution is -2.45. The summed E-state index contributed by atoms with van der Waals surface area (Å²) in [7, 11) is 1.49. The van der Waals surface area contributed by atoms with Gasteiger partial charge in [0.15, 0.2) is 0 Å². The lowest BCUT2D eigenvalue weighted by molar-refractivity contribution is -0.139. The van der Waals surface area contributed by atoms with Crippen LogP contribution in [0.25, 0.3) is 0 Å². The van der Waals surface area contributed by atoms with E-state index in [4.69, 9.17) is 22.1 Å². The number of halogens is 1. The van der Waals surface area contributed by atoms with E-state index in [1.54, 1.807) is 13.0 Å². The van der Waals surface area contributed by atoms with E-state index < -0.39 is 17.1 Å². The molecule has 0 radical (unpaired) electrons. The molecular formula is C19H29ClN2O3. The van der Waals surface area contributed by atoms with Gasteiger partial charge in [-0.3, -0.25) is 4.79 Å². The molecule has 5 nitrogen and oxygen atoms in total. The minimum Gasteiger partial charge on any atom is -0.385 e. The highest BCUT2D eigenvalue weighted by Gasteiger charge is 2.40. The van der Waals surface area contributed by atoms with E-state index >= 15 is 0 Å². The van der Waals surface area contributed by atoms with Gasteiger partial charge in [-0.1, -0.05) is 23.7 Å². The molecule has 6 heteroatoms. The van der Waals surface area contributed by atoms with Crippen molar-refractivity contribution in [3.05, 3.63) is 34.9 Å². The average molecular weight is 369 g/mol. The van der Waals surface area contributed by atoms with E-state index in [0.29, 0.717) is 24.3 Å². The molecule has 1 amide bonds. The van der Waals surface area contributed by atoms with E-state index in [9.17, 15) is 9.90 Å². The van der Waals surface area contributed by atoms with E-state index in [1.807, 2.05) is 18.2 Å². The fourth-order valence-electron chi connectivity index (χ4n) is 3.62. The number of primary amides is 1. The summed E-state index contributed by atoms with van der Waals surface area (Å²) < 4.78 is 5.29. The number of carbonyl (C=O) groups excluding carboxylic acids is 1. The first-order valence-electron chi connectivity index (χ1n) is 8.86. The van der Waals surface area contributed by atoms with Crippen molar-refractivity contribution < 1.29 is 14.6 Å². The topological polar surface area (TPSA) is 84.6 Å². The third kappa shape index (κ3) is 4.73. The van der Waals surface area contributed by atoms with Gasteiger partial charge in [0.2, 0.25) is 5.91 Å². The summed E-state index contributed by atoms with van der Waals surface area (Å²) in [6.45, 7) is 3.43. The first-order valence-corrected chi connectivity index (χ1v) is 9.24. The van der Waals surface area contributed by atoms with Crippen LogP contribution in [-0.2, 0) is 15.1 Å². The molecular weight excluding hydrogens is 340 g/mol. The molecule has 0 spiro atoms. The van der Waals surface area contributed by atoms with Gasteiger partial charge in [0, 0.05) is 24.6 Å². The van der Waals surface area contributed by atoms with Gasteiger partial charge in [0.25, 0.3) is 0 Å². The first kappa shape index (κ1) is 20.2. The molecule has 0 saturated carbocycles. The van der Waals surface area contributed by atoms with Crippen molar-refractivity contribution in [3.8, 4) is 0 Å². The molecule has 4 N–H and O–H groups in total. The van der Waals surface area contributed by atoms with E-state index in [1.165, 1.54) is 7.11 Å². The Kier molecular flexibility index (Phi) is 6.86. The minimum absolute atomic E-state index is 0.0992. The molecule has 1 unspecified atom stereocenters. The molecule has 1 aliphatic rings. The van der Waals surface area contributed by atoms with Gasteiger partial charge >= 0.3 is 0 Å². The minimum atomic E-state index is -1.01. The van der Waals surface area contributed by atoms with Gasteiger partial charge in [-0.25, -0.2) is 0 Å². The molecule has 2 rings (SSSR count). The highest BCUT2D eigenvalue weighted by Crippen LogP contribution is 2.39. The molecule has 1 aromatic rings. The Morgan fingerprint density at radius 3 is 2.80 bits per heavy atom. The number of piperidine rings is 1. The number of benzene rings is 1. The molecule has 3 atom stereocenters. The van der Waals surface area contributed by atoms with Crippen molar-refractivity contribution in [2.24, 2.45) is 11.7 Å². The highest BCUT2D eigenvalue weighted by atomic mass is 35.5. The summed E-state index contributed by atoms with van der Waals surface area (Å²) >= 11 is 6.15. The second kappa shape index (κ2) is 8.49. The molecule has 1 fully saturated rings. The van der Waals surface area contributed by atoms with Crippen LogP contribution in [0.5, 0.6) is 0 Å². The third-order valence-corrected chi connectivity index (χ3v) is 5.72. The molecule has 1 aromatic carbocycles. The first-order chi connectivity index (χ1) is 11.8. The Bertz CT molecular complexity index is 592. The fourth-order valence-corrected chi connectivity index (χ4v) is 3.81. The maximum Gasteiger partial charge on any atom is 0.249 e. The zero-order chi connectivity index (χ0) is 18.5. The van der Waals surface area contributed by atoms with Crippen molar-refractivity contribution in [2.75, 3.05) is 20.2 Å². The van der Waals surface area contributed by atoms with Gasteiger partial charge in [0.05, 0.1) is 5.60 Å². The van der Waals surface area contributed by atoms with Crippen LogP contribution in [0, 0.1) is 5.92 Å². The van der Waals surface area contributed by atoms with Crippen molar-refractivity contribution in [1.82, 2.24) is 5.32 Å². The van der Waals surface area contributed by atoms with E-state index in [2.05, 4.69) is 5.32 Å². The molecule has 140 valence electrons. The number of hydrogen-bond donors (Lipinski definition) is 3. The number of nitrogens with one attached hydrogen (secondary N) is 1. The Morgan fingerprint density at radius 2 is 2.24 bits per heavy atom. The van der Waals surface area contributed by atoms with Gasteiger partial charge in [0.1, 0.15) is 5.60 Å². The summed E-state index contributed by atoms with van der Waals surface area (Å²) in [5.74, 6) is -0.386. The van der Waals surface area contributed by atoms with Gasteiger partial charge in [-0.15, -0.1) is 0 Å². The van der Waals surface area contributed by atoms with Gasteiger partial charge in [-0.05, 0) is 63.3 Å². The summed E-state index contributed by atoms with van der Waals surface area (Å²) in [6.07, 6.45) is 3.58. The molecule has 25 heavy (non-hydrogen) atoms. The largest absolute Gasteiger partial charge is 0.385 e. The lowest BCUT2D eigenvalue weighted by atomic mass is 9.74. The van der Waals surface area contributed by atoms with E-state index in [0.717, 1.165) is 31.5 Å². The molecule has 1 aliphatic heterocycles. The second-order valence-corrected chi connectivity index (χ2v) is 7.57. The van der Waals surface area contributed by atoms with Gasteiger partial charge in [-0.2, -0.15) is 0 Å². The standard InChI is InChI=1S/C19H29ClN2O3/c1-18(25-2,17(21)23)9-5-10-19(24,15-7-4-11-22-13-15)14-6-3-8-16(20)12-14/h3,6,8,12,15,22,24H,4-5,7,9-11,13H2,1-2H3,(H2,21,23)/t15-,18?,19-/m1/s1. The van der Waals surface area contributed by atoms with Crippen LogP contribution < -0.4 is 11.1 Å². The number of ether oxygens (including phenoxy) is 1. The van der Waals surface area contributed by atoms with Crippen LogP contribution in [0.2, 0.25) is 5.02 Å². The highest BCUT2D eigenvalue weighted by molar-refractivity contribution is 6.30. The zero-order valence-corrected chi connectivity index (χ0v) is 15.8. The van der Waals surface area contributed by atoms with Crippen molar-refractivity contribution in [3.63, 3.8) is 0 Å². The van der Waals surface area contributed by atoms with Crippen LogP contribution in [0.4, 0.5) is 0 Å². The lowest BCUT2D eigenvalue weighted by Gasteiger charge is -2.40. The van der Waals surface area contributed by atoms with Crippen LogP contribution in [0.15, 0.2) is 24.3 Å². The van der Waals surface area contributed by atoms with Crippen LogP contribution >= 0.6 is 11.6 Å². The molecule has 1 heterocycles. The van der Waals surface area contributed by atoms with E-state index in [-0.39, 0.29) is 5.92 Å². The normalized spacial score (nSPS) is 22.8. The smallest absolute Gasteiger partial charge is 0.249 e. The van der Waals surface area contributed by atoms with Gasteiger partial charge < -0.3 is 20.9 Å². The summed E-state index contributed by atoms with van der Waals surface area (Å²) in [5, 5.41) is 15.6. The Morgan fingerprint density at radius 1 is 1.48 bits per heavy atom. The second-order valence-electron chi connectivity index (χ2n) is 7.13. The number of methoxy groups -OCH3 is 1. The molecule has 0 aliphatic carbocycles. The predicted molar refractivity (Wildman–Crippen MR) is 99.4 cm³/mol. The molecule has 0 aromatic heterocycles. The summed E-state index contributed by atoms with van der Waals surface area (Å²) in [4.78, 5) is 11.6. The Balaban J connectivity index is 2.19. The Labute approximate surface area is 154 Å². The number of amides is 1. The maximum atomic E-state index is 11.6. The Hall–Kier alpha value is -1.14. The fraction of sp³-hybridized carbons (Fsp3) is 0.632. The number of rotatable bonds is 8. The number of nitrogens with two attached hydrogens (primary N) is 1. The zero-order valence-electron chi connectivity index (χ0n) is 15.1. The monoisotopic (exact) mass is 368 g/mol. The molecule has 0 bridgehead atoms. The van der Waals surface area contributed by atoms with Crippen LogP contribution in [0.3, 0.4) is 0 Å². The SMILES string of the molecule is COC(C)(CCC[C@@](O)(c1cccc(Cl)c1)[C@@H]1CCCNC1)C(N)=O. The average Bonchev–Trinajstić information content (AvgIpc) is 2.62. The number of aliphatic hydroxyl groups is 1. The number of hydrogen-bond acceptors (Lipinski definition) is 4. The number of carbonyl (C=O) groups is 1. The maximum absolute atomic E-state index is 11.6. The van der Waals surface area contributed by atoms with Crippen molar-refractivity contribution >= 4 is 17.5 Å². The van der Waals surface area contributed by atoms with Crippen molar-refractivity contribution in [1.29, 1.82) is 0 Å². The third-order valence-electron chi connectivity index (χ3n) is 5.48. The molecule has 1 saturated heterocycles. The van der Waals surface area contributed by atoms with Crippen molar-refractivity contribution in [2.45, 2.75) is 50.2 Å².